The van der Waals surface area contributed by atoms with Crippen LogP contribution >= 0.6 is 0 Å². The van der Waals surface area contributed by atoms with Crippen LogP contribution in [0.1, 0.15) is 20.3 Å². The van der Waals surface area contributed by atoms with E-state index < -0.39 is 11.4 Å². The molecule has 1 N–H and O–H groups in total. The molecule has 0 radical (unpaired) electrons. The maximum Gasteiger partial charge on any atom is 1.00 e. The molecule has 0 aromatic rings. The number of hydrogen-bond donors (Lipinski definition) is 1. The minimum Gasteiger partial charge on any atom is -0.750 e. The Kier molecular flexibility index (Phi) is 21.1. The van der Waals surface area contributed by atoms with Crippen LogP contribution in [0.2, 0.25) is 0 Å². The maximum atomic E-state index is 9.81. The van der Waals surface area contributed by atoms with Crippen LogP contribution in [0.5, 0.6) is 0 Å². The average Bonchev–Trinajstić information content (AvgIpc) is 1.65. The van der Waals surface area contributed by atoms with E-state index in [-0.39, 0.29) is 35.3 Å². The Hall–Kier alpha value is 0.740. The number of rotatable bonds is 1. The first-order chi connectivity index (χ1) is 4.00. The molecule has 1 unspecified atom stereocenters. The third-order valence-corrected chi connectivity index (χ3v) is 0.498. The van der Waals surface area contributed by atoms with Crippen molar-refractivity contribution in [3.63, 3.8) is 0 Å². The van der Waals surface area contributed by atoms with Crippen molar-refractivity contribution in [2.24, 2.45) is 0 Å². The molecule has 56 valence electrons. The Balaban J connectivity index is -0.0000000910. The SMILES string of the molecule is CCC(C)=O.O=S([O-])O.[Na+]. The summed E-state index contributed by atoms with van der Waals surface area (Å²) in [5, 5.41) is 0. The zero-order valence-electron chi connectivity index (χ0n) is 6.29. The van der Waals surface area contributed by atoms with Gasteiger partial charge in [-0.25, -0.2) is 4.21 Å². The molecular formula is C4H9NaO4S. The van der Waals surface area contributed by atoms with Crippen molar-refractivity contribution in [2.75, 3.05) is 0 Å². The molecule has 0 aliphatic heterocycles. The molecule has 0 spiro atoms. The minimum absolute atomic E-state index is 0. The summed E-state index contributed by atoms with van der Waals surface area (Å²) in [6.07, 6.45) is 0.667. The van der Waals surface area contributed by atoms with Gasteiger partial charge in [0.15, 0.2) is 0 Å². The molecule has 1 atom stereocenters. The van der Waals surface area contributed by atoms with Gasteiger partial charge in [-0.3, -0.25) is 0 Å². The molecule has 0 amide bonds. The smallest absolute Gasteiger partial charge is 0.750 e. The molecule has 0 bridgehead atoms. The van der Waals surface area contributed by atoms with Crippen molar-refractivity contribution in [3.05, 3.63) is 0 Å². The number of ketones is 1. The third-order valence-electron chi connectivity index (χ3n) is 0.498. The standard InChI is InChI=1S/C4H8O.Na.H2O3S/c1-3-4(2)5;;1-4(2)3/h3H2,1-2H3;;(H2,1,2,3)/q;+1;/p-1. The molecule has 0 heterocycles. The van der Waals surface area contributed by atoms with Crippen LogP contribution in [-0.2, 0) is 16.2 Å². The van der Waals surface area contributed by atoms with Crippen molar-refractivity contribution in [3.8, 4) is 0 Å². The van der Waals surface area contributed by atoms with Crippen molar-refractivity contribution >= 4 is 17.1 Å². The number of hydrogen-bond acceptors (Lipinski definition) is 3. The van der Waals surface area contributed by atoms with Crippen molar-refractivity contribution in [1.29, 1.82) is 0 Å². The first-order valence-corrected chi connectivity index (χ1v) is 3.31. The van der Waals surface area contributed by atoms with Crippen LogP contribution in [0.25, 0.3) is 0 Å². The Bertz CT molecular complexity index is 101. The number of carbonyl (C=O) groups excluding carboxylic acids is 1. The molecule has 4 nitrogen and oxygen atoms in total. The first-order valence-electron chi connectivity index (χ1n) is 2.28. The van der Waals surface area contributed by atoms with Crippen molar-refractivity contribution in [2.45, 2.75) is 20.3 Å². The van der Waals surface area contributed by atoms with Crippen LogP contribution in [-0.4, -0.2) is 19.1 Å². The summed E-state index contributed by atoms with van der Waals surface area (Å²) in [5.74, 6) is 0.255. The fourth-order valence-electron chi connectivity index (χ4n) is 0. The van der Waals surface area contributed by atoms with Gasteiger partial charge in [-0.05, 0) is 6.92 Å². The van der Waals surface area contributed by atoms with E-state index in [9.17, 15) is 4.79 Å². The van der Waals surface area contributed by atoms with E-state index in [1.54, 1.807) is 6.92 Å². The fraction of sp³-hybridized carbons (Fsp3) is 0.750. The van der Waals surface area contributed by atoms with Gasteiger partial charge in [-0.15, -0.1) is 0 Å². The summed E-state index contributed by atoms with van der Waals surface area (Å²) in [6.45, 7) is 3.43. The van der Waals surface area contributed by atoms with Crippen molar-refractivity contribution in [1.82, 2.24) is 0 Å². The Morgan fingerprint density at radius 2 is 1.80 bits per heavy atom. The van der Waals surface area contributed by atoms with E-state index in [4.69, 9.17) is 13.3 Å². The minimum atomic E-state index is -2.86. The Morgan fingerprint density at radius 3 is 1.80 bits per heavy atom. The van der Waals surface area contributed by atoms with Gasteiger partial charge in [0.05, 0.1) is 11.4 Å². The fourth-order valence-corrected chi connectivity index (χ4v) is 0. The molecule has 0 aromatic heterocycles. The average molecular weight is 176 g/mol. The predicted molar refractivity (Wildman–Crippen MR) is 32.5 cm³/mol. The van der Waals surface area contributed by atoms with E-state index in [1.165, 1.54) is 0 Å². The van der Waals surface area contributed by atoms with E-state index >= 15 is 0 Å². The van der Waals surface area contributed by atoms with Crippen LogP contribution in [0, 0.1) is 0 Å². The molecule has 0 fully saturated rings. The number of Topliss-reactive ketones (excluding diaryl/α,β-unsaturated/α-hetero) is 1. The summed E-state index contributed by atoms with van der Waals surface area (Å²) in [6, 6.07) is 0. The topological polar surface area (TPSA) is 77.4 Å². The van der Waals surface area contributed by atoms with E-state index in [1.807, 2.05) is 6.92 Å². The van der Waals surface area contributed by atoms with Gasteiger partial charge < -0.3 is 13.9 Å². The van der Waals surface area contributed by atoms with Gasteiger partial charge in [0.1, 0.15) is 5.78 Å². The van der Waals surface area contributed by atoms with Gasteiger partial charge >= 0.3 is 29.6 Å². The molecule has 0 aliphatic carbocycles. The van der Waals surface area contributed by atoms with Gasteiger partial charge in [0.2, 0.25) is 0 Å². The maximum absolute atomic E-state index is 9.81. The quantitative estimate of drug-likeness (QED) is 0.349. The molecule has 0 saturated carbocycles. The summed E-state index contributed by atoms with van der Waals surface area (Å²) in [5.41, 5.74) is 0. The van der Waals surface area contributed by atoms with E-state index in [0.29, 0.717) is 6.42 Å². The molecule has 0 rings (SSSR count). The monoisotopic (exact) mass is 176 g/mol. The van der Waals surface area contributed by atoms with Gasteiger partial charge in [-0.2, -0.15) is 0 Å². The largest absolute Gasteiger partial charge is 1.00 e. The Morgan fingerprint density at radius 1 is 1.70 bits per heavy atom. The summed E-state index contributed by atoms with van der Waals surface area (Å²) < 4.78 is 24.1. The summed E-state index contributed by atoms with van der Waals surface area (Å²) >= 11 is -2.86. The van der Waals surface area contributed by atoms with Gasteiger partial charge in [0.25, 0.3) is 0 Å². The number of carbonyl (C=O) groups is 1. The van der Waals surface area contributed by atoms with Crippen LogP contribution in [0.4, 0.5) is 0 Å². The summed E-state index contributed by atoms with van der Waals surface area (Å²) in [7, 11) is 0. The molecule has 0 saturated heterocycles. The summed E-state index contributed by atoms with van der Waals surface area (Å²) in [4.78, 5) is 9.81. The Labute approximate surface area is 84.8 Å². The molecule has 0 aliphatic rings. The van der Waals surface area contributed by atoms with Crippen LogP contribution in [0.15, 0.2) is 0 Å². The van der Waals surface area contributed by atoms with Gasteiger partial charge in [-0.1, -0.05) is 6.92 Å². The molecule has 10 heavy (non-hydrogen) atoms. The van der Waals surface area contributed by atoms with Crippen molar-refractivity contribution < 1.29 is 47.7 Å². The second-order valence-electron chi connectivity index (χ2n) is 1.27. The van der Waals surface area contributed by atoms with Crippen LogP contribution in [0.3, 0.4) is 0 Å². The third kappa shape index (κ3) is 69.7. The predicted octanol–water partition coefficient (Wildman–Crippen LogP) is -2.67. The zero-order chi connectivity index (χ0) is 7.86. The normalized spacial score (nSPS) is 10.0. The zero-order valence-corrected chi connectivity index (χ0v) is 9.10. The first kappa shape index (κ1) is 17.0. The molecule has 0 aromatic carbocycles. The van der Waals surface area contributed by atoms with E-state index in [2.05, 4.69) is 0 Å². The molecule has 6 heteroatoms. The second kappa shape index (κ2) is 12.4. The second-order valence-corrected chi connectivity index (χ2v) is 1.71. The molecular weight excluding hydrogens is 167 g/mol. The van der Waals surface area contributed by atoms with E-state index in [0.717, 1.165) is 0 Å². The van der Waals surface area contributed by atoms with Gasteiger partial charge in [0, 0.05) is 6.42 Å². The van der Waals surface area contributed by atoms with Crippen LogP contribution < -0.4 is 29.6 Å².